The molecule has 1 aromatic heterocycles. The molecule has 0 aliphatic carbocycles. The van der Waals surface area contributed by atoms with Crippen molar-refractivity contribution in [3.05, 3.63) is 74.5 Å². The first-order valence-corrected chi connectivity index (χ1v) is 9.23. The number of halogens is 3. The zero-order valence-electron chi connectivity index (χ0n) is 14.4. The molecule has 1 amide bonds. The van der Waals surface area contributed by atoms with Crippen LogP contribution in [0, 0.1) is 6.92 Å². The van der Waals surface area contributed by atoms with Gasteiger partial charge in [0.25, 0.3) is 0 Å². The number of ether oxygens (including phenoxy) is 1. The van der Waals surface area contributed by atoms with E-state index in [9.17, 15) is 4.79 Å². The van der Waals surface area contributed by atoms with Gasteiger partial charge in [-0.05, 0) is 42.8 Å². The molecule has 3 rings (SSSR count). The number of nitrogens with one attached hydrogen (secondary N) is 2. The second-order valence-electron chi connectivity index (χ2n) is 5.92. The first kappa shape index (κ1) is 19.5. The highest BCUT2D eigenvalue weighted by atomic mass is 35.5. The summed E-state index contributed by atoms with van der Waals surface area (Å²) in [7, 11) is 0. The van der Waals surface area contributed by atoms with Crippen LogP contribution in [0.25, 0.3) is 0 Å². The molecule has 0 atom stereocenters. The molecule has 3 aromatic rings. The Balaban J connectivity index is 1.67. The van der Waals surface area contributed by atoms with Crippen molar-refractivity contribution < 1.29 is 9.53 Å². The molecule has 0 aliphatic heterocycles. The van der Waals surface area contributed by atoms with E-state index in [0.717, 1.165) is 5.56 Å². The van der Waals surface area contributed by atoms with Gasteiger partial charge in [0.05, 0.1) is 12.1 Å². The molecule has 2 N–H and O–H groups in total. The van der Waals surface area contributed by atoms with E-state index < -0.39 is 0 Å². The molecule has 0 saturated heterocycles. The minimum atomic E-state index is -0.185. The first-order chi connectivity index (χ1) is 12.9. The maximum Gasteiger partial charge on any atom is 0.226 e. The van der Waals surface area contributed by atoms with Crippen molar-refractivity contribution in [1.82, 2.24) is 15.5 Å². The molecular formula is C19H16Cl3N3O2. The van der Waals surface area contributed by atoms with E-state index >= 15 is 0 Å². The van der Waals surface area contributed by atoms with Crippen LogP contribution in [0.15, 0.2) is 42.5 Å². The minimum Gasteiger partial charge on any atom is -0.453 e. The summed E-state index contributed by atoms with van der Waals surface area (Å²) < 4.78 is 5.86. The number of amides is 1. The Morgan fingerprint density at radius 3 is 2.56 bits per heavy atom. The largest absolute Gasteiger partial charge is 0.453 e. The van der Waals surface area contributed by atoms with Crippen LogP contribution in [0.3, 0.4) is 0 Å². The Morgan fingerprint density at radius 2 is 1.85 bits per heavy atom. The lowest BCUT2D eigenvalue weighted by Crippen LogP contribution is -2.24. The lowest BCUT2D eigenvalue weighted by molar-refractivity contribution is -0.120. The average Bonchev–Trinajstić information content (AvgIpc) is 2.92. The number of rotatable bonds is 6. The van der Waals surface area contributed by atoms with E-state index in [0.29, 0.717) is 44.5 Å². The predicted octanol–water partition coefficient (Wildman–Crippen LogP) is 5.33. The predicted molar refractivity (Wildman–Crippen MR) is 107 cm³/mol. The van der Waals surface area contributed by atoms with E-state index in [2.05, 4.69) is 15.5 Å². The number of aromatic nitrogens is 2. The highest BCUT2D eigenvalue weighted by Crippen LogP contribution is 2.31. The lowest BCUT2D eigenvalue weighted by Gasteiger charge is -2.09. The number of H-pyrrole nitrogens is 1. The summed E-state index contributed by atoms with van der Waals surface area (Å²) in [5.41, 5.74) is 2.11. The highest BCUT2D eigenvalue weighted by Gasteiger charge is 2.16. The third-order valence-electron chi connectivity index (χ3n) is 3.72. The number of carbonyl (C=O) groups excluding carboxylic acids is 1. The van der Waals surface area contributed by atoms with Crippen LogP contribution in [0.2, 0.25) is 15.1 Å². The van der Waals surface area contributed by atoms with Crippen molar-refractivity contribution in [2.45, 2.75) is 19.9 Å². The van der Waals surface area contributed by atoms with Gasteiger partial charge < -0.3 is 10.1 Å². The van der Waals surface area contributed by atoms with Gasteiger partial charge in [0.2, 0.25) is 5.91 Å². The third kappa shape index (κ3) is 5.39. The van der Waals surface area contributed by atoms with Gasteiger partial charge in [0, 0.05) is 21.6 Å². The molecule has 27 heavy (non-hydrogen) atoms. The summed E-state index contributed by atoms with van der Waals surface area (Å²) in [5, 5.41) is 11.4. The zero-order chi connectivity index (χ0) is 19.4. The highest BCUT2D eigenvalue weighted by molar-refractivity contribution is 6.34. The smallest absolute Gasteiger partial charge is 0.226 e. The Kier molecular flexibility index (Phi) is 6.26. The number of aryl methyl sites for hydroxylation is 1. The topological polar surface area (TPSA) is 67.0 Å². The summed E-state index contributed by atoms with van der Waals surface area (Å²) >= 11 is 18.0. The minimum absolute atomic E-state index is 0.0640. The Morgan fingerprint density at radius 1 is 1.11 bits per heavy atom. The van der Waals surface area contributed by atoms with E-state index in [1.165, 1.54) is 0 Å². The third-order valence-corrected chi connectivity index (χ3v) is 4.40. The van der Waals surface area contributed by atoms with Crippen molar-refractivity contribution in [1.29, 1.82) is 0 Å². The van der Waals surface area contributed by atoms with Crippen molar-refractivity contribution in [3.8, 4) is 11.5 Å². The normalized spacial score (nSPS) is 10.7. The van der Waals surface area contributed by atoms with Crippen LogP contribution < -0.4 is 10.1 Å². The van der Waals surface area contributed by atoms with Crippen LogP contribution in [0.4, 0.5) is 0 Å². The molecule has 8 heteroatoms. The van der Waals surface area contributed by atoms with E-state index in [4.69, 9.17) is 39.5 Å². The molecule has 5 nitrogen and oxygen atoms in total. The Labute approximate surface area is 171 Å². The van der Waals surface area contributed by atoms with Gasteiger partial charge in [-0.1, -0.05) is 46.9 Å². The fourth-order valence-electron chi connectivity index (χ4n) is 2.49. The Bertz CT molecular complexity index is 952. The Hall–Kier alpha value is -2.21. The number of nitrogens with zero attached hydrogens (tertiary/aromatic N) is 1. The maximum atomic E-state index is 12.3. The van der Waals surface area contributed by atoms with Crippen molar-refractivity contribution in [2.75, 3.05) is 0 Å². The second kappa shape index (κ2) is 8.65. The maximum absolute atomic E-state index is 12.3. The number of hydrogen-bond donors (Lipinski definition) is 2. The number of benzene rings is 2. The van der Waals surface area contributed by atoms with Gasteiger partial charge in [-0.3, -0.25) is 9.89 Å². The zero-order valence-corrected chi connectivity index (χ0v) is 16.6. The SMILES string of the molecule is Cc1[nH]nc(CC(=O)NCc2cccc(Cl)c2)c1Oc1cc(Cl)cc(Cl)c1. The standard InChI is InChI=1S/C19H16Cl3N3O2/c1-11-19(27-16-7-14(21)6-15(22)8-16)17(25-24-11)9-18(26)23-10-12-3-2-4-13(20)5-12/h2-8H,9-10H2,1H3,(H,23,26)(H,24,25). The van der Waals surface area contributed by atoms with Crippen LogP contribution in [-0.4, -0.2) is 16.1 Å². The van der Waals surface area contributed by atoms with Gasteiger partial charge in [-0.25, -0.2) is 0 Å². The van der Waals surface area contributed by atoms with Crippen molar-refractivity contribution in [2.24, 2.45) is 0 Å². The number of aromatic amines is 1. The van der Waals surface area contributed by atoms with Gasteiger partial charge in [0.15, 0.2) is 5.75 Å². The lowest BCUT2D eigenvalue weighted by atomic mass is 10.2. The van der Waals surface area contributed by atoms with E-state index in [1.54, 1.807) is 30.3 Å². The molecule has 140 valence electrons. The average molecular weight is 425 g/mol. The molecule has 0 saturated carbocycles. The molecule has 0 aliphatic rings. The molecule has 0 spiro atoms. The van der Waals surface area contributed by atoms with Crippen LogP contribution in [0.5, 0.6) is 11.5 Å². The van der Waals surface area contributed by atoms with Crippen molar-refractivity contribution in [3.63, 3.8) is 0 Å². The summed E-state index contributed by atoms with van der Waals surface area (Å²) in [6.07, 6.45) is 0.0640. The summed E-state index contributed by atoms with van der Waals surface area (Å²) in [6.45, 7) is 2.19. The van der Waals surface area contributed by atoms with Crippen molar-refractivity contribution >= 4 is 40.7 Å². The molecular weight excluding hydrogens is 409 g/mol. The fraction of sp³-hybridized carbons (Fsp3) is 0.158. The molecule has 0 radical (unpaired) electrons. The van der Waals surface area contributed by atoms with Crippen LogP contribution in [0.1, 0.15) is 17.0 Å². The van der Waals surface area contributed by atoms with Gasteiger partial charge in [-0.15, -0.1) is 0 Å². The van der Waals surface area contributed by atoms with E-state index in [1.807, 2.05) is 19.1 Å². The monoisotopic (exact) mass is 423 g/mol. The van der Waals surface area contributed by atoms with Gasteiger partial charge in [-0.2, -0.15) is 5.10 Å². The fourth-order valence-corrected chi connectivity index (χ4v) is 3.21. The van der Waals surface area contributed by atoms with Crippen LogP contribution in [-0.2, 0) is 17.8 Å². The summed E-state index contributed by atoms with van der Waals surface area (Å²) in [4.78, 5) is 12.3. The van der Waals surface area contributed by atoms with Gasteiger partial charge in [0.1, 0.15) is 11.4 Å². The second-order valence-corrected chi connectivity index (χ2v) is 7.22. The molecule has 0 fully saturated rings. The van der Waals surface area contributed by atoms with E-state index in [-0.39, 0.29) is 12.3 Å². The first-order valence-electron chi connectivity index (χ1n) is 8.09. The van der Waals surface area contributed by atoms with Crippen LogP contribution >= 0.6 is 34.8 Å². The molecule has 2 aromatic carbocycles. The quantitative estimate of drug-likeness (QED) is 0.562. The number of hydrogen-bond acceptors (Lipinski definition) is 3. The number of carbonyl (C=O) groups is 1. The van der Waals surface area contributed by atoms with Gasteiger partial charge >= 0.3 is 0 Å². The molecule has 1 heterocycles. The summed E-state index contributed by atoms with van der Waals surface area (Å²) in [5.74, 6) is 0.763. The molecule has 0 bridgehead atoms. The summed E-state index contributed by atoms with van der Waals surface area (Å²) in [6, 6.07) is 12.2. The molecule has 0 unspecified atom stereocenters.